The zero-order valence-electron chi connectivity index (χ0n) is 27.1. The van der Waals surface area contributed by atoms with Crippen LogP contribution in [-0.2, 0) is 0 Å². The highest BCUT2D eigenvalue weighted by Crippen LogP contribution is 2.60. The summed E-state index contributed by atoms with van der Waals surface area (Å²) in [7, 11) is 0. The van der Waals surface area contributed by atoms with Crippen molar-refractivity contribution in [2.45, 2.75) is 69.0 Å². The van der Waals surface area contributed by atoms with Crippen molar-refractivity contribution in [3.63, 3.8) is 0 Å². The van der Waals surface area contributed by atoms with Crippen molar-refractivity contribution in [2.24, 2.45) is 0 Å². The number of aromatic amines is 1. The van der Waals surface area contributed by atoms with Crippen LogP contribution in [0.2, 0.25) is 5.02 Å². The molecule has 0 radical (unpaired) electrons. The van der Waals surface area contributed by atoms with Crippen molar-refractivity contribution < 1.29 is 27.0 Å². The Balaban J connectivity index is 1.27. The van der Waals surface area contributed by atoms with Gasteiger partial charge >= 0.3 is 6.01 Å². The van der Waals surface area contributed by atoms with Crippen molar-refractivity contribution in [3.8, 4) is 23.1 Å². The number of nitrogens with two attached hydrogens (primary N) is 1. The van der Waals surface area contributed by atoms with Crippen LogP contribution in [0.1, 0.15) is 62.6 Å². The fraction of sp³-hybridized carbons (Fsp3) is 0.441. The molecule has 0 spiro atoms. The number of alkyl halides is 2. The van der Waals surface area contributed by atoms with Crippen LogP contribution in [-0.4, -0.2) is 78.8 Å². The first-order valence-corrected chi connectivity index (χ1v) is 17.0. The molecule has 3 fully saturated rings. The largest absolute Gasteiger partial charge is 0.475 e. The molecule has 2 saturated heterocycles. The number of rotatable bonds is 7. The topological polar surface area (TPSA) is 131 Å². The summed E-state index contributed by atoms with van der Waals surface area (Å²) in [5.74, 6) is -5.36. The van der Waals surface area contributed by atoms with E-state index in [9.17, 15) is 13.2 Å². The minimum Gasteiger partial charge on any atom is -0.475 e. The maximum atomic E-state index is 17.3. The van der Waals surface area contributed by atoms with Crippen molar-refractivity contribution in [1.29, 1.82) is 0 Å². The van der Waals surface area contributed by atoms with Gasteiger partial charge in [0.2, 0.25) is 5.88 Å². The number of pyridine rings is 2. The summed E-state index contributed by atoms with van der Waals surface area (Å²) in [4.78, 5) is 22.3. The molecular formula is C34H32ClF4N9O2. The van der Waals surface area contributed by atoms with Gasteiger partial charge in [-0.25, -0.2) is 27.5 Å². The van der Waals surface area contributed by atoms with Gasteiger partial charge in [-0.3, -0.25) is 10.00 Å². The van der Waals surface area contributed by atoms with Crippen molar-refractivity contribution in [2.75, 3.05) is 36.9 Å². The number of nitrogen functional groups attached to an aromatic ring is 1. The van der Waals surface area contributed by atoms with E-state index in [-0.39, 0.29) is 68.4 Å². The predicted molar refractivity (Wildman–Crippen MR) is 178 cm³/mol. The smallest absolute Gasteiger partial charge is 0.319 e. The first-order chi connectivity index (χ1) is 24.0. The lowest BCUT2D eigenvalue weighted by Gasteiger charge is -2.47. The van der Waals surface area contributed by atoms with Gasteiger partial charge in [0.25, 0.3) is 5.92 Å². The van der Waals surface area contributed by atoms with E-state index in [4.69, 9.17) is 31.8 Å². The third-order valence-corrected chi connectivity index (χ3v) is 11.2. The first-order valence-electron chi connectivity index (χ1n) is 16.6. The highest BCUT2D eigenvalue weighted by atomic mass is 35.5. The minimum absolute atomic E-state index is 0.00507. The van der Waals surface area contributed by atoms with E-state index in [1.807, 2.05) is 18.7 Å². The molecular weight excluding hydrogens is 678 g/mol. The van der Waals surface area contributed by atoms with Gasteiger partial charge in [0.05, 0.1) is 41.5 Å². The van der Waals surface area contributed by atoms with Crippen LogP contribution in [0.25, 0.3) is 33.1 Å². The Kier molecular flexibility index (Phi) is 6.92. The second-order valence-corrected chi connectivity index (χ2v) is 14.3. The summed E-state index contributed by atoms with van der Waals surface area (Å²) < 4.78 is 73.7. The lowest BCUT2D eigenvalue weighted by molar-refractivity contribution is -0.0132. The third kappa shape index (κ3) is 4.69. The molecule has 4 atom stereocenters. The van der Waals surface area contributed by atoms with E-state index in [0.717, 1.165) is 38.5 Å². The summed E-state index contributed by atoms with van der Waals surface area (Å²) >= 11 is 6.64. The molecule has 3 aliphatic heterocycles. The number of aromatic nitrogens is 6. The Morgan fingerprint density at radius 3 is 2.72 bits per heavy atom. The molecule has 3 N–H and O–H groups in total. The molecule has 0 bridgehead atoms. The lowest BCUT2D eigenvalue weighted by atomic mass is 9.86. The van der Waals surface area contributed by atoms with Gasteiger partial charge in [-0.2, -0.15) is 15.1 Å². The Bertz CT molecular complexity index is 2220. The molecule has 1 aromatic carbocycles. The SMILES string of the molecule is CC(c1cc(F)cnc1N)N1c2nc(OC[C@]34CCCN3CC4)nc3c(F)c(-c4c(C5CC5(F)F)c(Cl)cc5[nH]ncc45)nc(c23)OC[C@@H]1C. The summed E-state index contributed by atoms with van der Waals surface area (Å²) in [5, 5.41) is 7.44. The van der Waals surface area contributed by atoms with Crippen molar-refractivity contribution in [3.05, 3.63) is 52.3 Å². The van der Waals surface area contributed by atoms with Crippen molar-refractivity contribution >= 4 is 45.0 Å². The highest BCUT2D eigenvalue weighted by Gasteiger charge is 2.59. The maximum absolute atomic E-state index is 17.3. The molecule has 1 saturated carbocycles. The van der Waals surface area contributed by atoms with E-state index < -0.39 is 42.0 Å². The lowest BCUT2D eigenvalue weighted by Crippen LogP contribution is -2.59. The highest BCUT2D eigenvalue weighted by molar-refractivity contribution is 6.33. The molecule has 4 aliphatic rings. The van der Waals surface area contributed by atoms with Crippen LogP contribution in [0.4, 0.5) is 29.2 Å². The number of fused-ring (bicyclic) bond motifs is 2. The van der Waals surface area contributed by atoms with Gasteiger partial charge in [-0.15, -0.1) is 0 Å². The zero-order valence-corrected chi connectivity index (χ0v) is 27.9. The Morgan fingerprint density at radius 1 is 1.16 bits per heavy atom. The predicted octanol–water partition coefficient (Wildman–Crippen LogP) is 6.57. The normalized spacial score (nSPS) is 24.5. The van der Waals surface area contributed by atoms with Gasteiger partial charge in [0.15, 0.2) is 5.82 Å². The molecule has 2 unspecified atom stereocenters. The molecule has 1 aliphatic carbocycles. The average molecular weight is 710 g/mol. The molecule has 0 amide bonds. The second kappa shape index (κ2) is 11.0. The van der Waals surface area contributed by atoms with Crippen LogP contribution in [0.5, 0.6) is 11.9 Å². The fourth-order valence-corrected chi connectivity index (χ4v) is 8.41. The van der Waals surface area contributed by atoms with Gasteiger partial charge in [0.1, 0.15) is 47.3 Å². The Labute approximate surface area is 288 Å². The number of anilines is 2. The number of benzene rings is 1. The number of nitrogens with zero attached hydrogens (tertiary/aromatic N) is 7. The summed E-state index contributed by atoms with van der Waals surface area (Å²) in [5.41, 5.74) is 6.63. The zero-order chi connectivity index (χ0) is 34.7. The van der Waals surface area contributed by atoms with Crippen LogP contribution >= 0.6 is 11.6 Å². The standard InChI is InChI=1S/C34H32ClF4N9O2/c1-15-13-49-31-25-28(26(37)27(43-31)23-19-12-42-46-22(19)9-21(35)24(23)20-10-34(20,38)39)44-32(50-14-33-4-3-6-47(33)7-5-33)45-30(25)48(15)16(2)18-8-17(36)11-41-29(18)40/h8-9,11-12,15-16,20H,3-7,10,13-14H2,1-2H3,(H2,40,41)(H,42,46)/t15-,16?,20?,33+/m0/s1. The Morgan fingerprint density at radius 2 is 1.98 bits per heavy atom. The molecule has 5 aromatic rings. The summed E-state index contributed by atoms with van der Waals surface area (Å²) in [6, 6.07) is 1.69. The van der Waals surface area contributed by atoms with Gasteiger partial charge in [-0.05, 0) is 57.4 Å². The van der Waals surface area contributed by atoms with Crippen LogP contribution in [0, 0.1) is 11.6 Å². The monoisotopic (exact) mass is 709 g/mol. The summed E-state index contributed by atoms with van der Waals surface area (Å²) in [6.07, 6.45) is 5.01. The molecule has 260 valence electrons. The van der Waals surface area contributed by atoms with Gasteiger partial charge in [-0.1, -0.05) is 11.6 Å². The third-order valence-electron chi connectivity index (χ3n) is 10.9. The number of ether oxygens (including phenoxy) is 2. The van der Waals surface area contributed by atoms with E-state index >= 15 is 4.39 Å². The van der Waals surface area contributed by atoms with E-state index in [2.05, 4.69) is 30.0 Å². The van der Waals surface area contributed by atoms with Crippen LogP contribution in [0.3, 0.4) is 0 Å². The van der Waals surface area contributed by atoms with E-state index in [1.54, 1.807) is 0 Å². The molecule has 50 heavy (non-hydrogen) atoms. The number of hydrogen-bond acceptors (Lipinski definition) is 10. The van der Waals surface area contributed by atoms with Crippen molar-refractivity contribution in [1.82, 2.24) is 35.0 Å². The van der Waals surface area contributed by atoms with Crippen LogP contribution < -0.4 is 20.1 Å². The molecule has 9 rings (SSSR count). The second-order valence-electron chi connectivity index (χ2n) is 13.9. The Hall–Kier alpha value is -4.50. The number of hydrogen-bond donors (Lipinski definition) is 2. The number of halogens is 5. The molecule has 4 aromatic heterocycles. The van der Waals surface area contributed by atoms with E-state index in [0.29, 0.717) is 23.1 Å². The number of nitrogens with one attached hydrogen (secondary N) is 1. The molecule has 16 heteroatoms. The van der Waals surface area contributed by atoms with Gasteiger partial charge in [0, 0.05) is 34.5 Å². The summed E-state index contributed by atoms with van der Waals surface area (Å²) in [6.45, 7) is 6.00. The first kappa shape index (κ1) is 31.5. The van der Waals surface area contributed by atoms with E-state index in [1.165, 1.54) is 18.3 Å². The molecule has 11 nitrogen and oxygen atoms in total. The minimum atomic E-state index is -3.02. The average Bonchev–Trinajstić information content (AvgIpc) is 3.35. The fourth-order valence-electron chi connectivity index (χ4n) is 8.08. The molecule has 7 heterocycles. The maximum Gasteiger partial charge on any atom is 0.319 e. The van der Waals surface area contributed by atoms with Crippen LogP contribution in [0.15, 0.2) is 24.5 Å². The number of H-pyrrole nitrogens is 1. The van der Waals surface area contributed by atoms with Gasteiger partial charge < -0.3 is 20.1 Å². The quantitative estimate of drug-likeness (QED) is 0.179.